The van der Waals surface area contributed by atoms with Crippen LogP contribution in [0.1, 0.15) is 93.5 Å². The quantitative estimate of drug-likeness (QED) is 0.260. The van der Waals surface area contributed by atoms with Crippen molar-refractivity contribution in [2.24, 2.45) is 0 Å². The maximum Gasteiger partial charge on any atom is 0.335 e. The van der Waals surface area contributed by atoms with Crippen LogP contribution >= 0.6 is 24.0 Å². The molecule has 1 saturated carbocycles. The SMILES string of the molecule is CCCCN1C(=O)[C@@H](CC2(O)CCCCCC2)NC(=O)C12CCN(Cc1ccc(Oc3ccc(C(=O)O)cc3Cl)cc1)CC2.Cl. The summed E-state index contributed by atoms with van der Waals surface area (Å²) in [6, 6.07) is 11.3. The van der Waals surface area contributed by atoms with E-state index in [1.54, 1.807) is 6.07 Å². The molecule has 246 valence electrons. The lowest BCUT2D eigenvalue weighted by atomic mass is 9.79. The molecule has 2 aliphatic heterocycles. The number of unbranched alkanes of at least 4 members (excludes halogenated alkanes) is 1. The molecule has 45 heavy (non-hydrogen) atoms. The van der Waals surface area contributed by atoms with Gasteiger partial charge in [-0.3, -0.25) is 14.5 Å². The summed E-state index contributed by atoms with van der Waals surface area (Å²) in [5, 5.41) is 23.7. The van der Waals surface area contributed by atoms with Gasteiger partial charge in [-0.15, -0.1) is 12.4 Å². The van der Waals surface area contributed by atoms with E-state index in [2.05, 4.69) is 17.1 Å². The molecular formula is C34H45Cl2N3O6. The van der Waals surface area contributed by atoms with E-state index in [0.717, 1.165) is 44.1 Å². The van der Waals surface area contributed by atoms with Crippen molar-refractivity contribution in [3.63, 3.8) is 0 Å². The third kappa shape index (κ3) is 8.12. The van der Waals surface area contributed by atoms with Gasteiger partial charge in [0.15, 0.2) is 0 Å². The Morgan fingerprint density at radius 1 is 1.02 bits per heavy atom. The van der Waals surface area contributed by atoms with Gasteiger partial charge in [-0.05, 0) is 68.0 Å². The van der Waals surface area contributed by atoms with Gasteiger partial charge in [0, 0.05) is 32.6 Å². The molecule has 3 N–H and O–H groups in total. The number of nitrogens with one attached hydrogen (secondary N) is 1. The lowest BCUT2D eigenvalue weighted by molar-refractivity contribution is -0.163. The van der Waals surface area contributed by atoms with E-state index >= 15 is 0 Å². The van der Waals surface area contributed by atoms with E-state index in [1.165, 1.54) is 12.1 Å². The lowest BCUT2D eigenvalue weighted by Crippen LogP contribution is -2.73. The number of amides is 2. The predicted molar refractivity (Wildman–Crippen MR) is 175 cm³/mol. The third-order valence-corrected chi connectivity index (χ3v) is 9.88. The number of aromatic carboxylic acids is 1. The number of nitrogens with zero attached hydrogens (tertiary/aromatic N) is 2. The monoisotopic (exact) mass is 661 g/mol. The Labute approximate surface area is 276 Å². The second-order valence-electron chi connectivity index (χ2n) is 12.7. The van der Waals surface area contributed by atoms with Crippen LogP contribution in [-0.2, 0) is 16.1 Å². The first kappa shape index (κ1) is 35.0. The van der Waals surface area contributed by atoms with E-state index in [0.29, 0.717) is 69.8 Å². The highest BCUT2D eigenvalue weighted by Crippen LogP contribution is 2.37. The zero-order valence-electron chi connectivity index (χ0n) is 25.9. The summed E-state index contributed by atoms with van der Waals surface area (Å²) < 4.78 is 5.86. The van der Waals surface area contributed by atoms with Gasteiger partial charge in [0.2, 0.25) is 11.8 Å². The number of carboxylic acids is 1. The number of piperidine rings is 1. The Balaban J connectivity index is 0.00000461. The molecule has 3 aliphatic rings. The largest absolute Gasteiger partial charge is 0.478 e. The Morgan fingerprint density at radius 2 is 1.69 bits per heavy atom. The van der Waals surface area contributed by atoms with Crippen molar-refractivity contribution < 1.29 is 29.3 Å². The number of hydrogen-bond acceptors (Lipinski definition) is 6. The standard InChI is InChI=1S/C34H44ClN3O6.ClH/c1-2-3-18-38-30(39)28(22-33(43)14-6-4-5-7-15-33)36-32(42)34(38)16-19-37(20-17-34)23-24-8-11-26(12-9-24)44-29-13-10-25(31(40)41)21-27(29)35;/h8-13,21,28,43H,2-7,14-20,22-23H2,1H3,(H,36,42)(H,40,41);1H/t28-;/m1./s1. The van der Waals surface area contributed by atoms with Gasteiger partial charge in [0.25, 0.3) is 0 Å². The molecule has 2 amide bonds. The molecule has 11 heteroatoms. The minimum Gasteiger partial charge on any atom is -0.478 e. The summed E-state index contributed by atoms with van der Waals surface area (Å²) in [5.41, 5.74) is -0.563. The summed E-state index contributed by atoms with van der Waals surface area (Å²) in [7, 11) is 0. The highest BCUT2D eigenvalue weighted by Gasteiger charge is 2.54. The summed E-state index contributed by atoms with van der Waals surface area (Å²) >= 11 is 6.21. The molecule has 5 rings (SSSR count). The molecule has 2 heterocycles. The Hall–Kier alpha value is -2.85. The summed E-state index contributed by atoms with van der Waals surface area (Å²) in [6.07, 6.45) is 8.68. The fourth-order valence-electron chi connectivity index (χ4n) is 6.97. The zero-order chi connectivity index (χ0) is 31.3. The summed E-state index contributed by atoms with van der Waals surface area (Å²) in [4.78, 5) is 43.0. The molecule has 0 unspecified atom stereocenters. The fourth-order valence-corrected chi connectivity index (χ4v) is 7.19. The zero-order valence-corrected chi connectivity index (χ0v) is 27.5. The lowest BCUT2D eigenvalue weighted by Gasteiger charge is -2.52. The molecule has 0 bridgehead atoms. The van der Waals surface area contributed by atoms with Crippen molar-refractivity contribution in [3.05, 3.63) is 58.6 Å². The number of aliphatic hydroxyl groups is 1. The third-order valence-electron chi connectivity index (χ3n) is 9.58. The molecule has 2 aromatic carbocycles. The normalized spacial score (nSPS) is 21.5. The van der Waals surface area contributed by atoms with Crippen LogP contribution in [0.5, 0.6) is 11.5 Å². The van der Waals surface area contributed by atoms with Crippen LogP contribution in [0, 0.1) is 0 Å². The van der Waals surface area contributed by atoms with E-state index in [1.807, 2.05) is 29.2 Å². The maximum absolute atomic E-state index is 13.9. The molecular weight excluding hydrogens is 617 g/mol. The van der Waals surface area contributed by atoms with Crippen LogP contribution in [0.25, 0.3) is 0 Å². The van der Waals surface area contributed by atoms with Crippen molar-refractivity contribution in [2.75, 3.05) is 19.6 Å². The second kappa shape index (κ2) is 15.2. The number of halogens is 2. The number of carbonyl (C=O) groups excluding carboxylic acids is 2. The molecule has 1 atom stereocenters. The number of ether oxygens (including phenoxy) is 1. The van der Waals surface area contributed by atoms with Crippen LogP contribution in [0.2, 0.25) is 5.02 Å². The van der Waals surface area contributed by atoms with Crippen molar-refractivity contribution in [1.29, 1.82) is 0 Å². The number of hydrogen-bond donors (Lipinski definition) is 3. The van der Waals surface area contributed by atoms with Crippen LogP contribution in [0.4, 0.5) is 0 Å². The van der Waals surface area contributed by atoms with Crippen LogP contribution in [0.3, 0.4) is 0 Å². The molecule has 0 radical (unpaired) electrons. The van der Waals surface area contributed by atoms with E-state index in [-0.39, 0.29) is 34.8 Å². The summed E-state index contributed by atoms with van der Waals surface area (Å²) in [5.74, 6) is -0.207. The molecule has 1 spiro atoms. The topological polar surface area (TPSA) is 119 Å². The van der Waals surface area contributed by atoms with Gasteiger partial charge in [-0.2, -0.15) is 0 Å². The number of likely N-dealkylation sites (tertiary alicyclic amines) is 1. The molecule has 9 nitrogen and oxygen atoms in total. The van der Waals surface area contributed by atoms with Crippen molar-refractivity contribution in [1.82, 2.24) is 15.1 Å². The minimum absolute atomic E-state index is 0. The Kier molecular flexibility index (Phi) is 11.8. The Bertz CT molecular complexity index is 1340. The average Bonchev–Trinajstić information content (AvgIpc) is 3.23. The van der Waals surface area contributed by atoms with Gasteiger partial charge < -0.3 is 25.2 Å². The highest BCUT2D eigenvalue weighted by atomic mass is 35.5. The number of benzene rings is 2. The minimum atomic E-state index is -1.05. The average molecular weight is 663 g/mol. The van der Waals surface area contributed by atoms with E-state index in [9.17, 15) is 19.5 Å². The van der Waals surface area contributed by atoms with Crippen LogP contribution in [0.15, 0.2) is 42.5 Å². The first-order valence-electron chi connectivity index (χ1n) is 16.0. The first-order chi connectivity index (χ1) is 21.1. The maximum atomic E-state index is 13.9. The first-order valence-corrected chi connectivity index (χ1v) is 16.4. The van der Waals surface area contributed by atoms with Crippen molar-refractivity contribution >= 4 is 41.8 Å². The van der Waals surface area contributed by atoms with Gasteiger partial charge in [0.1, 0.15) is 23.1 Å². The van der Waals surface area contributed by atoms with E-state index < -0.39 is 23.2 Å². The van der Waals surface area contributed by atoms with Gasteiger partial charge in [0.05, 0.1) is 16.2 Å². The van der Waals surface area contributed by atoms with Crippen LogP contribution < -0.4 is 10.1 Å². The number of carbonyl (C=O) groups is 3. The fraction of sp³-hybridized carbons (Fsp3) is 0.559. The molecule has 0 aromatic heterocycles. The van der Waals surface area contributed by atoms with E-state index in [4.69, 9.17) is 21.4 Å². The number of piperazine rings is 1. The van der Waals surface area contributed by atoms with Gasteiger partial charge in [-0.1, -0.05) is 62.8 Å². The smallest absolute Gasteiger partial charge is 0.335 e. The second-order valence-corrected chi connectivity index (χ2v) is 13.1. The highest BCUT2D eigenvalue weighted by molar-refractivity contribution is 6.32. The number of rotatable bonds is 10. The van der Waals surface area contributed by atoms with Gasteiger partial charge >= 0.3 is 5.97 Å². The predicted octanol–water partition coefficient (Wildman–Crippen LogP) is 6.19. The van der Waals surface area contributed by atoms with Gasteiger partial charge in [-0.25, -0.2) is 4.79 Å². The van der Waals surface area contributed by atoms with Crippen molar-refractivity contribution in [2.45, 2.75) is 101 Å². The Morgan fingerprint density at radius 3 is 2.29 bits per heavy atom. The number of carboxylic acid groups (broad SMARTS) is 1. The summed E-state index contributed by atoms with van der Waals surface area (Å²) in [6.45, 7) is 4.71. The molecule has 2 aromatic rings. The molecule has 1 aliphatic carbocycles. The molecule has 3 fully saturated rings. The molecule has 2 saturated heterocycles. The van der Waals surface area contributed by atoms with Crippen LogP contribution in [-0.4, -0.2) is 74.6 Å². The van der Waals surface area contributed by atoms with Crippen molar-refractivity contribution in [3.8, 4) is 11.5 Å².